The Morgan fingerprint density at radius 2 is 1.83 bits per heavy atom. The maximum atomic E-state index is 12.0. The van der Waals surface area contributed by atoms with Gasteiger partial charge in [0.25, 0.3) is 0 Å². The molecule has 24 heavy (non-hydrogen) atoms. The summed E-state index contributed by atoms with van der Waals surface area (Å²) < 4.78 is 5.57. The highest BCUT2D eigenvalue weighted by Gasteiger charge is 2.14. The van der Waals surface area contributed by atoms with Gasteiger partial charge >= 0.3 is 5.97 Å². The molecule has 3 N–H and O–H groups in total. The van der Waals surface area contributed by atoms with E-state index in [1.807, 2.05) is 20.8 Å². The average molecular weight is 336 g/mol. The SMILES string of the molecule is CCCNC(=O)CCC(=O)Nc1cc(C(=O)O)ccc1OC(C)C. The van der Waals surface area contributed by atoms with E-state index in [0.717, 1.165) is 6.42 Å². The lowest BCUT2D eigenvalue weighted by atomic mass is 10.1. The summed E-state index contributed by atoms with van der Waals surface area (Å²) in [5, 5.41) is 14.4. The Morgan fingerprint density at radius 3 is 2.42 bits per heavy atom. The minimum absolute atomic E-state index is 0.00790. The summed E-state index contributed by atoms with van der Waals surface area (Å²) >= 11 is 0. The molecule has 2 amide bonds. The second-order valence-corrected chi connectivity index (χ2v) is 5.58. The van der Waals surface area contributed by atoms with Crippen molar-refractivity contribution in [1.82, 2.24) is 5.32 Å². The Hall–Kier alpha value is -2.57. The van der Waals surface area contributed by atoms with Crippen molar-refractivity contribution >= 4 is 23.5 Å². The molecule has 0 fully saturated rings. The highest BCUT2D eigenvalue weighted by atomic mass is 16.5. The Labute approximate surface area is 141 Å². The minimum Gasteiger partial charge on any atom is -0.489 e. The predicted octanol–water partition coefficient (Wildman–Crippen LogP) is 2.42. The first-order valence-electron chi connectivity index (χ1n) is 7.94. The molecular weight excluding hydrogens is 312 g/mol. The fraction of sp³-hybridized carbons (Fsp3) is 0.471. The largest absolute Gasteiger partial charge is 0.489 e. The molecule has 0 saturated carbocycles. The summed E-state index contributed by atoms with van der Waals surface area (Å²) in [5.74, 6) is -1.28. The molecule has 0 unspecified atom stereocenters. The molecule has 132 valence electrons. The number of carbonyl (C=O) groups is 3. The third-order valence-corrected chi connectivity index (χ3v) is 3.01. The zero-order chi connectivity index (χ0) is 18.1. The Kier molecular flexibility index (Phi) is 7.74. The molecule has 7 nitrogen and oxygen atoms in total. The molecule has 0 aromatic heterocycles. The van der Waals surface area contributed by atoms with Crippen molar-refractivity contribution in [2.24, 2.45) is 0 Å². The van der Waals surface area contributed by atoms with Crippen LogP contribution in [0.1, 0.15) is 50.4 Å². The first-order valence-corrected chi connectivity index (χ1v) is 7.94. The number of carboxylic acid groups (broad SMARTS) is 1. The summed E-state index contributed by atoms with van der Waals surface area (Å²) in [6, 6.07) is 4.26. The van der Waals surface area contributed by atoms with Gasteiger partial charge in [0.1, 0.15) is 5.75 Å². The number of carbonyl (C=O) groups excluding carboxylic acids is 2. The van der Waals surface area contributed by atoms with Crippen LogP contribution in [0.15, 0.2) is 18.2 Å². The van der Waals surface area contributed by atoms with Crippen LogP contribution >= 0.6 is 0 Å². The number of hydrogen-bond acceptors (Lipinski definition) is 4. The van der Waals surface area contributed by atoms with Crippen molar-refractivity contribution in [2.75, 3.05) is 11.9 Å². The molecule has 7 heteroatoms. The van der Waals surface area contributed by atoms with Crippen LogP contribution in [0.5, 0.6) is 5.75 Å². The van der Waals surface area contributed by atoms with Crippen molar-refractivity contribution in [3.63, 3.8) is 0 Å². The van der Waals surface area contributed by atoms with Gasteiger partial charge in [0.2, 0.25) is 11.8 Å². The van der Waals surface area contributed by atoms with Crippen LogP contribution in [0.2, 0.25) is 0 Å². The van der Waals surface area contributed by atoms with Crippen molar-refractivity contribution < 1.29 is 24.2 Å². The molecule has 0 radical (unpaired) electrons. The lowest BCUT2D eigenvalue weighted by Crippen LogP contribution is -2.25. The van der Waals surface area contributed by atoms with Crippen LogP contribution in [0.4, 0.5) is 5.69 Å². The summed E-state index contributed by atoms with van der Waals surface area (Å²) in [6.07, 6.45) is 0.783. The molecule has 0 atom stereocenters. The number of carboxylic acids is 1. The zero-order valence-electron chi connectivity index (χ0n) is 14.2. The summed E-state index contributed by atoms with van der Waals surface area (Å²) in [7, 11) is 0. The maximum Gasteiger partial charge on any atom is 0.335 e. The number of anilines is 1. The summed E-state index contributed by atoms with van der Waals surface area (Å²) in [5.41, 5.74) is 0.324. The number of hydrogen-bond donors (Lipinski definition) is 3. The fourth-order valence-corrected chi connectivity index (χ4v) is 1.91. The quantitative estimate of drug-likeness (QED) is 0.642. The van der Waals surface area contributed by atoms with Crippen LogP contribution in [0, 0.1) is 0 Å². The van der Waals surface area contributed by atoms with Crippen molar-refractivity contribution in [1.29, 1.82) is 0 Å². The topological polar surface area (TPSA) is 105 Å². The molecule has 0 aliphatic carbocycles. The molecule has 1 aromatic carbocycles. The standard InChI is InChI=1S/C17H24N2O5/c1-4-9-18-15(20)7-8-16(21)19-13-10-12(17(22)23)5-6-14(13)24-11(2)3/h5-6,10-11H,4,7-9H2,1-3H3,(H,18,20)(H,19,21)(H,22,23). The summed E-state index contributed by atoms with van der Waals surface area (Å²) in [4.78, 5) is 34.6. The van der Waals surface area contributed by atoms with E-state index in [1.165, 1.54) is 18.2 Å². The lowest BCUT2D eigenvalue weighted by Gasteiger charge is -2.15. The van der Waals surface area contributed by atoms with Gasteiger partial charge in [-0.1, -0.05) is 6.92 Å². The van der Waals surface area contributed by atoms with E-state index in [4.69, 9.17) is 9.84 Å². The Bertz CT molecular complexity index is 599. The number of benzene rings is 1. The normalized spacial score (nSPS) is 10.3. The Morgan fingerprint density at radius 1 is 1.17 bits per heavy atom. The maximum absolute atomic E-state index is 12.0. The van der Waals surface area contributed by atoms with Crippen LogP contribution in [-0.4, -0.2) is 35.5 Å². The first kappa shape index (κ1) is 19.5. The van der Waals surface area contributed by atoms with E-state index < -0.39 is 5.97 Å². The van der Waals surface area contributed by atoms with Gasteiger partial charge in [0, 0.05) is 19.4 Å². The summed E-state index contributed by atoms with van der Waals surface area (Å²) in [6.45, 7) is 6.18. The van der Waals surface area contributed by atoms with Gasteiger partial charge < -0.3 is 20.5 Å². The van der Waals surface area contributed by atoms with E-state index in [0.29, 0.717) is 12.3 Å². The molecule has 0 heterocycles. The van der Waals surface area contributed by atoms with Gasteiger partial charge in [-0.3, -0.25) is 9.59 Å². The van der Waals surface area contributed by atoms with Crippen molar-refractivity contribution in [2.45, 2.75) is 46.1 Å². The van der Waals surface area contributed by atoms with Crippen LogP contribution in [-0.2, 0) is 9.59 Å². The highest BCUT2D eigenvalue weighted by Crippen LogP contribution is 2.27. The van der Waals surface area contributed by atoms with E-state index in [2.05, 4.69) is 10.6 Å². The van der Waals surface area contributed by atoms with Crippen molar-refractivity contribution in [3.05, 3.63) is 23.8 Å². The predicted molar refractivity (Wildman–Crippen MR) is 90.3 cm³/mol. The first-order chi connectivity index (χ1) is 11.3. The van der Waals surface area contributed by atoms with Gasteiger partial charge in [0.05, 0.1) is 17.4 Å². The minimum atomic E-state index is -1.10. The molecule has 0 aliphatic heterocycles. The van der Waals surface area contributed by atoms with E-state index in [9.17, 15) is 14.4 Å². The zero-order valence-corrected chi connectivity index (χ0v) is 14.2. The molecular formula is C17H24N2O5. The average Bonchev–Trinajstić information content (AvgIpc) is 2.51. The molecule has 1 rings (SSSR count). The number of rotatable bonds is 9. The number of amides is 2. The fourth-order valence-electron chi connectivity index (χ4n) is 1.91. The van der Waals surface area contributed by atoms with Gasteiger partial charge in [-0.05, 0) is 38.5 Å². The van der Waals surface area contributed by atoms with Gasteiger partial charge in [-0.15, -0.1) is 0 Å². The van der Waals surface area contributed by atoms with Gasteiger partial charge in [-0.2, -0.15) is 0 Å². The monoisotopic (exact) mass is 336 g/mol. The number of aromatic carboxylic acids is 1. The number of nitrogens with one attached hydrogen (secondary N) is 2. The second-order valence-electron chi connectivity index (χ2n) is 5.58. The molecule has 1 aromatic rings. The third kappa shape index (κ3) is 6.68. The highest BCUT2D eigenvalue weighted by molar-refractivity contribution is 5.96. The smallest absolute Gasteiger partial charge is 0.335 e. The Balaban J connectivity index is 2.75. The number of ether oxygens (including phenoxy) is 1. The van der Waals surface area contributed by atoms with Crippen molar-refractivity contribution in [3.8, 4) is 5.75 Å². The lowest BCUT2D eigenvalue weighted by molar-refractivity contribution is -0.124. The second kappa shape index (κ2) is 9.54. The molecule has 0 bridgehead atoms. The van der Waals surface area contributed by atoms with Crippen LogP contribution < -0.4 is 15.4 Å². The molecule has 0 saturated heterocycles. The van der Waals surface area contributed by atoms with Crippen LogP contribution in [0.25, 0.3) is 0 Å². The molecule has 0 aliphatic rings. The van der Waals surface area contributed by atoms with E-state index in [1.54, 1.807) is 0 Å². The third-order valence-electron chi connectivity index (χ3n) is 3.01. The van der Waals surface area contributed by atoms with Crippen LogP contribution in [0.3, 0.4) is 0 Å². The van der Waals surface area contributed by atoms with E-state index in [-0.39, 0.29) is 42.0 Å². The van der Waals surface area contributed by atoms with Gasteiger partial charge in [-0.25, -0.2) is 4.79 Å². The van der Waals surface area contributed by atoms with Gasteiger partial charge in [0.15, 0.2) is 0 Å². The van der Waals surface area contributed by atoms with E-state index >= 15 is 0 Å². The molecule has 0 spiro atoms.